The van der Waals surface area contributed by atoms with Crippen molar-refractivity contribution in [2.75, 3.05) is 25.0 Å². The van der Waals surface area contributed by atoms with E-state index in [9.17, 15) is 4.79 Å². The number of rotatable bonds is 8. The van der Waals surface area contributed by atoms with E-state index in [1.165, 1.54) is 6.92 Å². The summed E-state index contributed by atoms with van der Waals surface area (Å²) in [4.78, 5) is 13.6. The number of hydrogen-bond acceptors (Lipinski definition) is 3. The fourth-order valence-corrected chi connectivity index (χ4v) is 2.20. The van der Waals surface area contributed by atoms with Crippen LogP contribution in [0, 0.1) is 0 Å². The van der Waals surface area contributed by atoms with Gasteiger partial charge in [-0.25, -0.2) is 0 Å². The quantitative estimate of drug-likeness (QED) is 0.767. The van der Waals surface area contributed by atoms with E-state index in [2.05, 4.69) is 36.3 Å². The standard InChI is InChI=1S/C16H27N3O/c1-5-19(6-2)12-13(3)17-11-15-9-7-8-10-16(15)18-14(4)20/h7-10,13,17H,5-6,11-12H2,1-4H3,(H,18,20). The van der Waals surface area contributed by atoms with Crippen molar-refractivity contribution in [3.8, 4) is 0 Å². The molecule has 0 aliphatic heterocycles. The van der Waals surface area contributed by atoms with Crippen molar-refractivity contribution in [3.63, 3.8) is 0 Å². The van der Waals surface area contributed by atoms with Gasteiger partial charge in [-0.1, -0.05) is 32.0 Å². The van der Waals surface area contributed by atoms with E-state index >= 15 is 0 Å². The van der Waals surface area contributed by atoms with E-state index in [4.69, 9.17) is 0 Å². The Kier molecular flexibility index (Phi) is 7.26. The third-order valence-corrected chi connectivity index (χ3v) is 3.40. The normalized spacial score (nSPS) is 12.4. The minimum absolute atomic E-state index is 0.0337. The maximum atomic E-state index is 11.2. The SMILES string of the molecule is CCN(CC)CC(C)NCc1ccccc1NC(C)=O. The molecule has 0 aliphatic rings. The Morgan fingerprint density at radius 1 is 1.25 bits per heavy atom. The Bertz CT molecular complexity index is 416. The summed E-state index contributed by atoms with van der Waals surface area (Å²) in [6, 6.07) is 8.33. The Hall–Kier alpha value is -1.39. The van der Waals surface area contributed by atoms with E-state index in [1.807, 2.05) is 24.3 Å². The second-order valence-corrected chi connectivity index (χ2v) is 5.11. The number of benzene rings is 1. The number of nitrogens with zero attached hydrogens (tertiary/aromatic N) is 1. The summed E-state index contributed by atoms with van der Waals surface area (Å²) >= 11 is 0. The average Bonchev–Trinajstić information content (AvgIpc) is 2.43. The van der Waals surface area contributed by atoms with Crippen LogP contribution in [0.4, 0.5) is 5.69 Å². The molecular weight excluding hydrogens is 250 g/mol. The maximum Gasteiger partial charge on any atom is 0.221 e. The number of para-hydroxylation sites is 1. The summed E-state index contributed by atoms with van der Waals surface area (Å²) < 4.78 is 0. The highest BCUT2D eigenvalue weighted by atomic mass is 16.1. The van der Waals surface area contributed by atoms with Crippen molar-refractivity contribution in [1.29, 1.82) is 0 Å². The monoisotopic (exact) mass is 277 g/mol. The second-order valence-electron chi connectivity index (χ2n) is 5.11. The molecule has 1 unspecified atom stereocenters. The molecule has 20 heavy (non-hydrogen) atoms. The molecule has 1 aromatic rings. The van der Waals surface area contributed by atoms with Gasteiger partial charge in [0, 0.05) is 31.7 Å². The second kappa shape index (κ2) is 8.72. The molecule has 0 radical (unpaired) electrons. The van der Waals surface area contributed by atoms with Crippen molar-refractivity contribution in [1.82, 2.24) is 10.2 Å². The molecule has 0 aromatic heterocycles. The third-order valence-electron chi connectivity index (χ3n) is 3.40. The van der Waals surface area contributed by atoms with Crippen LogP contribution in [0.25, 0.3) is 0 Å². The van der Waals surface area contributed by atoms with Gasteiger partial charge in [0.05, 0.1) is 0 Å². The lowest BCUT2D eigenvalue weighted by Gasteiger charge is -2.23. The molecule has 0 bridgehead atoms. The first-order valence-corrected chi connectivity index (χ1v) is 7.38. The zero-order chi connectivity index (χ0) is 15.0. The first-order valence-electron chi connectivity index (χ1n) is 7.38. The van der Waals surface area contributed by atoms with Crippen molar-refractivity contribution >= 4 is 11.6 Å². The van der Waals surface area contributed by atoms with Crippen LogP contribution in [0.5, 0.6) is 0 Å². The number of anilines is 1. The van der Waals surface area contributed by atoms with Crippen LogP contribution in [0.3, 0.4) is 0 Å². The van der Waals surface area contributed by atoms with Crippen molar-refractivity contribution in [2.45, 2.75) is 40.3 Å². The van der Waals surface area contributed by atoms with E-state index in [0.29, 0.717) is 6.04 Å². The highest BCUT2D eigenvalue weighted by molar-refractivity contribution is 5.89. The molecule has 1 aromatic carbocycles. The van der Waals surface area contributed by atoms with Gasteiger partial charge in [-0.15, -0.1) is 0 Å². The van der Waals surface area contributed by atoms with Gasteiger partial charge in [-0.2, -0.15) is 0 Å². The molecule has 2 N–H and O–H groups in total. The summed E-state index contributed by atoms with van der Waals surface area (Å²) in [5.74, 6) is -0.0337. The van der Waals surface area contributed by atoms with Gasteiger partial charge in [0.2, 0.25) is 5.91 Å². The summed E-state index contributed by atoms with van der Waals surface area (Å²) in [6.07, 6.45) is 0. The molecular formula is C16H27N3O. The minimum atomic E-state index is -0.0337. The molecule has 112 valence electrons. The predicted octanol–water partition coefficient (Wildman–Crippen LogP) is 2.46. The zero-order valence-corrected chi connectivity index (χ0v) is 13.1. The number of likely N-dealkylation sites (N-methyl/N-ethyl adjacent to an activating group) is 1. The number of hydrogen-bond donors (Lipinski definition) is 2. The van der Waals surface area contributed by atoms with E-state index in [-0.39, 0.29) is 5.91 Å². The van der Waals surface area contributed by atoms with Crippen LogP contribution in [0.2, 0.25) is 0 Å². The van der Waals surface area contributed by atoms with Crippen LogP contribution < -0.4 is 10.6 Å². The molecule has 4 nitrogen and oxygen atoms in total. The number of nitrogens with one attached hydrogen (secondary N) is 2. The Morgan fingerprint density at radius 3 is 2.50 bits per heavy atom. The number of carbonyl (C=O) groups is 1. The topological polar surface area (TPSA) is 44.4 Å². The Morgan fingerprint density at radius 2 is 1.90 bits per heavy atom. The van der Waals surface area contributed by atoms with Crippen molar-refractivity contribution < 1.29 is 4.79 Å². The lowest BCUT2D eigenvalue weighted by Crippen LogP contribution is -2.38. The number of carbonyl (C=O) groups excluding carboxylic acids is 1. The molecule has 1 amide bonds. The lowest BCUT2D eigenvalue weighted by atomic mass is 10.1. The molecule has 0 saturated heterocycles. The van der Waals surface area contributed by atoms with Crippen molar-refractivity contribution in [2.24, 2.45) is 0 Å². The van der Waals surface area contributed by atoms with Crippen LogP contribution >= 0.6 is 0 Å². The lowest BCUT2D eigenvalue weighted by molar-refractivity contribution is -0.114. The Labute approximate surface area is 122 Å². The number of amides is 1. The van der Waals surface area contributed by atoms with Crippen LogP contribution in [0.15, 0.2) is 24.3 Å². The van der Waals surface area contributed by atoms with E-state index < -0.39 is 0 Å². The molecule has 1 atom stereocenters. The fourth-order valence-electron chi connectivity index (χ4n) is 2.20. The fraction of sp³-hybridized carbons (Fsp3) is 0.562. The van der Waals surface area contributed by atoms with Crippen molar-refractivity contribution in [3.05, 3.63) is 29.8 Å². The van der Waals surface area contributed by atoms with Crippen LogP contribution in [-0.2, 0) is 11.3 Å². The summed E-state index contributed by atoms with van der Waals surface area (Å²) in [7, 11) is 0. The van der Waals surface area contributed by atoms with Gasteiger partial charge >= 0.3 is 0 Å². The first-order chi connectivity index (χ1) is 9.56. The molecule has 0 spiro atoms. The summed E-state index contributed by atoms with van der Waals surface area (Å²) in [5.41, 5.74) is 2.01. The first kappa shape index (κ1) is 16.7. The van der Waals surface area contributed by atoms with Crippen LogP contribution in [0.1, 0.15) is 33.3 Å². The van der Waals surface area contributed by atoms with Crippen LogP contribution in [-0.4, -0.2) is 36.5 Å². The third kappa shape index (κ3) is 5.72. The Balaban J connectivity index is 2.54. The molecule has 0 aliphatic carbocycles. The van der Waals surface area contributed by atoms with E-state index in [0.717, 1.165) is 37.4 Å². The van der Waals surface area contributed by atoms with Gasteiger partial charge in [0.15, 0.2) is 0 Å². The predicted molar refractivity (Wildman–Crippen MR) is 84.8 cm³/mol. The minimum Gasteiger partial charge on any atom is -0.326 e. The molecule has 4 heteroatoms. The van der Waals surface area contributed by atoms with Gasteiger partial charge in [0.25, 0.3) is 0 Å². The van der Waals surface area contributed by atoms with Gasteiger partial charge in [-0.3, -0.25) is 4.79 Å². The summed E-state index contributed by atoms with van der Waals surface area (Å²) in [6.45, 7) is 12.0. The summed E-state index contributed by atoms with van der Waals surface area (Å²) in [5, 5.41) is 6.39. The van der Waals surface area contributed by atoms with Gasteiger partial charge in [0.1, 0.15) is 0 Å². The molecule has 1 rings (SSSR count). The largest absolute Gasteiger partial charge is 0.326 e. The van der Waals surface area contributed by atoms with Gasteiger partial charge in [-0.05, 0) is 31.6 Å². The highest BCUT2D eigenvalue weighted by Gasteiger charge is 2.08. The van der Waals surface area contributed by atoms with E-state index in [1.54, 1.807) is 0 Å². The molecule has 0 fully saturated rings. The smallest absolute Gasteiger partial charge is 0.221 e. The zero-order valence-electron chi connectivity index (χ0n) is 13.1. The maximum absolute atomic E-state index is 11.2. The highest BCUT2D eigenvalue weighted by Crippen LogP contribution is 2.14. The van der Waals surface area contributed by atoms with Gasteiger partial charge < -0.3 is 15.5 Å². The molecule has 0 heterocycles. The average molecular weight is 277 g/mol. The molecule has 0 saturated carbocycles.